The van der Waals surface area contributed by atoms with Crippen molar-refractivity contribution in [3.63, 3.8) is 0 Å². The van der Waals surface area contributed by atoms with Gasteiger partial charge in [-0.05, 0) is 30.7 Å². The molecule has 0 saturated carbocycles. The molecular formula is C17H18N2O2. The number of rotatable bonds is 5. The fourth-order valence-electron chi connectivity index (χ4n) is 2.03. The van der Waals surface area contributed by atoms with Gasteiger partial charge < -0.3 is 9.69 Å². The number of carbonyl (C=O) groups is 2. The second kappa shape index (κ2) is 6.79. The van der Waals surface area contributed by atoms with Gasteiger partial charge in [0.15, 0.2) is 0 Å². The van der Waals surface area contributed by atoms with E-state index in [2.05, 4.69) is 4.98 Å². The summed E-state index contributed by atoms with van der Waals surface area (Å²) in [5, 5.41) is 0. The number of carbonyl (C=O) groups excluding carboxylic acids is 2. The normalized spacial score (nSPS) is 10.2. The van der Waals surface area contributed by atoms with Crippen LogP contribution >= 0.6 is 0 Å². The van der Waals surface area contributed by atoms with Crippen LogP contribution in [0.25, 0.3) is 11.3 Å². The van der Waals surface area contributed by atoms with Crippen LogP contribution in [0.2, 0.25) is 0 Å². The lowest BCUT2D eigenvalue weighted by molar-refractivity contribution is -0.107. The Morgan fingerprint density at radius 1 is 1.14 bits per heavy atom. The smallest absolute Gasteiger partial charge is 0.253 e. The van der Waals surface area contributed by atoms with Gasteiger partial charge in [0.25, 0.3) is 5.91 Å². The molecule has 1 amide bonds. The molecule has 0 atom stereocenters. The van der Waals surface area contributed by atoms with E-state index in [0.717, 1.165) is 23.2 Å². The summed E-state index contributed by atoms with van der Waals surface area (Å²) in [4.78, 5) is 28.4. The van der Waals surface area contributed by atoms with Gasteiger partial charge in [-0.3, -0.25) is 9.78 Å². The lowest BCUT2D eigenvalue weighted by Gasteiger charge is -2.10. The summed E-state index contributed by atoms with van der Waals surface area (Å²) in [6, 6.07) is 13.2. The Hall–Kier alpha value is -2.49. The molecule has 2 aromatic rings. The Labute approximate surface area is 124 Å². The van der Waals surface area contributed by atoms with Gasteiger partial charge in [-0.1, -0.05) is 18.2 Å². The first-order chi connectivity index (χ1) is 10.1. The molecule has 0 aliphatic rings. The zero-order valence-corrected chi connectivity index (χ0v) is 12.2. The van der Waals surface area contributed by atoms with E-state index in [4.69, 9.17) is 0 Å². The van der Waals surface area contributed by atoms with E-state index in [0.29, 0.717) is 18.4 Å². The third kappa shape index (κ3) is 3.75. The highest BCUT2D eigenvalue weighted by atomic mass is 16.2. The van der Waals surface area contributed by atoms with E-state index in [1.807, 2.05) is 30.3 Å². The number of hydrogen-bond acceptors (Lipinski definition) is 3. The average molecular weight is 282 g/mol. The van der Waals surface area contributed by atoms with Crippen molar-refractivity contribution < 1.29 is 9.59 Å². The van der Waals surface area contributed by atoms with E-state index < -0.39 is 0 Å². The molecule has 0 unspecified atom stereocenters. The SMILES string of the molecule is CN(C)C(=O)c1ccc(-c2cccc(CCC=O)n2)cc1. The molecule has 0 radical (unpaired) electrons. The van der Waals surface area contributed by atoms with Crippen molar-refractivity contribution in [1.29, 1.82) is 0 Å². The Morgan fingerprint density at radius 2 is 1.86 bits per heavy atom. The number of nitrogens with zero attached hydrogens (tertiary/aromatic N) is 2. The quantitative estimate of drug-likeness (QED) is 0.792. The average Bonchev–Trinajstić information content (AvgIpc) is 2.52. The zero-order chi connectivity index (χ0) is 15.2. The Morgan fingerprint density at radius 3 is 2.48 bits per heavy atom. The second-order valence-corrected chi connectivity index (χ2v) is 5.00. The molecule has 21 heavy (non-hydrogen) atoms. The molecule has 1 aromatic heterocycles. The van der Waals surface area contributed by atoms with Crippen molar-refractivity contribution >= 4 is 12.2 Å². The van der Waals surface area contributed by atoms with Gasteiger partial charge in [0.2, 0.25) is 0 Å². The van der Waals surface area contributed by atoms with Gasteiger partial charge in [0.05, 0.1) is 5.69 Å². The van der Waals surface area contributed by atoms with Crippen LogP contribution in [0.15, 0.2) is 42.5 Å². The molecule has 4 nitrogen and oxygen atoms in total. The third-order valence-corrected chi connectivity index (χ3v) is 3.16. The van der Waals surface area contributed by atoms with Crippen LogP contribution in [0.4, 0.5) is 0 Å². The third-order valence-electron chi connectivity index (χ3n) is 3.16. The summed E-state index contributed by atoms with van der Waals surface area (Å²) in [5.41, 5.74) is 3.36. The fourth-order valence-corrected chi connectivity index (χ4v) is 2.03. The lowest BCUT2D eigenvalue weighted by atomic mass is 10.1. The number of pyridine rings is 1. The Balaban J connectivity index is 2.22. The maximum atomic E-state index is 11.8. The molecule has 0 aliphatic heterocycles. The first kappa shape index (κ1) is 14.9. The van der Waals surface area contributed by atoms with Crippen LogP contribution in [-0.2, 0) is 11.2 Å². The van der Waals surface area contributed by atoms with Gasteiger partial charge >= 0.3 is 0 Å². The van der Waals surface area contributed by atoms with Gasteiger partial charge in [0, 0.05) is 37.3 Å². The number of aryl methyl sites for hydroxylation is 1. The number of aldehydes is 1. The highest BCUT2D eigenvalue weighted by Crippen LogP contribution is 2.18. The summed E-state index contributed by atoms with van der Waals surface area (Å²) in [7, 11) is 3.46. The van der Waals surface area contributed by atoms with Crippen molar-refractivity contribution in [3.8, 4) is 11.3 Å². The summed E-state index contributed by atoms with van der Waals surface area (Å²) in [6.45, 7) is 0. The molecule has 1 aromatic carbocycles. The van der Waals surface area contributed by atoms with Crippen molar-refractivity contribution in [2.24, 2.45) is 0 Å². The standard InChI is InChI=1S/C17H18N2O2/c1-19(2)17(21)14-10-8-13(9-11-14)16-7-3-5-15(18-16)6-4-12-20/h3,5,7-12H,4,6H2,1-2H3. The van der Waals surface area contributed by atoms with Crippen molar-refractivity contribution in [3.05, 3.63) is 53.7 Å². The summed E-state index contributed by atoms with van der Waals surface area (Å²) in [5.74, 6) is -0.0192. The van der Waals surface area contributed by atoms with Crippen molar-refractivity contribution in [1.82, 2.24) is 9.88 Å². The zero-order valence-electron chi connectivity index (χ0n) is 12.2. The second-order valence-electron chi connectivity index (χ2n) is 5.00. The minimum absolute atomic E-state index is 0.0192. The summed E-state index contributed by atoms with van der Waals surface area (Å²) < 4.78 is 0. The van der Waals surface area contributed by atoms with E-state index in [1.54, 1.807) is 31.1 Å². The predicted octanol–water partition coefficient (Wildman–Crippen LogP) is 2.58. The lowest BCUT2D eigenvalue weighted by Crippen LogP contribution is -2.21. The number of amides is 1. The minimum Gasteiger partial charge on any atom is -0.345 e. The predicted molar refractivity (Wildman–Crippen MR) is 82.1 cm³/mol. The number of benzene rings is 1. The molecule has 0 saturated heterocycles. The molecule has 4 heteroatoms. The summed E-state index contributed by atoms with van der Waals surface area (Å²) >= 11 is 0. The van der Waals surface area contributed by atoms with E-state index >= 15 is 0 Å². The fraction of sp³-hybridized carbons (Fsp3) is 0.235. The largest absolute Gasteiger partial charge is 0.345 e. The Bertz CT molecular complexity index is 633. The number of hydrogen-bond donors (Lipinski definition) is 0. The van der Waals surface area contributed by atoms with Crippen molar-refractivity contribution in [2.75, 3.05) is 14.1 Å². The van der Waals surface area contributed by atoms with E-state index in [1.165, 1.54) is 0 Å². The van der Waals surface area contributed by atoms with Crippen molar-refractivity contribution in [2.45, 2.75) is 12.8 Å². The maximum absolute atomic E-state index is 11.8. The monoisotopic (exact) mass is 282 g/mol. The minimum atomic E-state index is -0.0192. The van der Waals surface area contributed by atoms with Crippen LogP contribution in [-0.4, -0.2) is 36.2 Å². The first-order valence-electron chi connectivity index (χ1n) is 6.83. The van der Waals surface area contributed by atoms with Gasteiger partial charge in [0.1, 0.15) is 6.29 Å². The van der Waals surface area contributed by atoms with Crippen LogP contribution in [0, 0.1) is 0 Å². The Kier molecular flexibility index (Phi) is 4.82. The van der Waals surface area contributed by atoms with Gasteiger partial charge in [-0.25, -0.2) is 0 Å². The van der Waals surface area contributed by atoms with E-state index in [9.17, 15) is 9.59 Å². The highest BCUT2D eigenvalue weighted by molar-refractivity contribution is 5.94. The molecule has 1 heterocycles. The van der Waals surface area contributed by atoms with Gasteiger partial charge in [-0.2, -0.15) is 0 Å². The van der Waals surface area contributed by atoms with Gasteiger partial charge in [-0.15, -0.1) is 0 Å². The molecular weight excluding hydrogens is 264 g/mol. The molecule has 0 bridgehead atoms. The topological polar surface area (TPSA) is 50.3 Å². The molecule has 0 fully saturated rings. The van der Waals surface area contributed by atoms with E-state index in [-0.39, 0.29) is 5.91 Å². The van der Waals surface area contributed by atoms with Crippen LogP contribution in [0.3, 0.4) is 0 Å². The molecule has 2 rings (SSSR count). The summed E-state index contributed by atoms with van der Waals surface area (Å²) in [6.07, 6.45) is 2.03. The maximum Gasteiger partial charge on any atom is 0.253 e. The highest BCUT2D eigenvalue weighted by Gasteiger charge is 2.08. The van der Waals surface area contributed by atoms with Crippen LogP contribution in [0.5, 0.6) is 0 Å². The van der Waals surface area contributed by atoms with Crippen LogP contribution in [0.1, 0.15) is 22.5 Å². The molecule has 0 N–H and O–H groups in total. The number of aromatic nitrogens is 1. The molecule has 108 valence electrons. The first-order valence-corrected chi connectivity index (χ1v) is 6.83. The van der Waals surface area contributed by atoms with Crippen LogP contribution < -0.4 is 0 Å². The molecule has 0 spiro atoms. The molecule has 0 aliphatic carbocycles.